The van der Waals surface area contributed by atoms with E-state index >= 15 is 0 Å². The summed E-state index contributed by atoms with van der Waals surface area (Å²) < 4.78 is 3.93. The summed E-state index contributed by atoms with van der Waals surface area (Å²) in [5.41, 5.74) is 2.99. The normalized spacial score (nSPS) is 17.7. The Labute approximate surface area is 140 Å². The van der Waals surface area contributed by atoms with Gasteiger partial charge >= 0.3 is 0 Å². The van der Waals surface area contributed by atoms with Crippen molar-refractivity contribution in [2.45, 2.75) is 38.8 Å². The number of amides is 1. The third kappa shape index (κ3) is 2.68. The minimum Gasteiger partial charge on any atom is -0.338 e. The monoisotopic (exact) mass is 323 g/mol. The lowest BCUT2D eigenvalue weighted by Gasteiger charge is -2.24. The fourth-order valence-electron chi connectivity index (χ4n) is 3.57. The van der Waals surface area contributed by atoms with Crippen molar-refractivity contribution in [3.05, 3.63) is 54.2 Å². The fourth-order valence-corrected chi connectivity index (χ4v) is 3.57. The number of carbonyl (C=O) groups is 1. The summed E-state index contributed by atoms with van der Waals surface area (Å²) in [6.07, 6.45) is 10.0. The van der Waals surface area contributed by atoms with Gasteiger partial charge in [-0.2, -0.15) is 5.10 Å². The maximum atomic E-state index is 12.8. The fraction of sp³-hybridized carbons (Fsp3) is 0.389. The molecule has 1 aliphatic heterocycles. The highest BCUT2D eigenvalue weighted by Crippen LogP contribution is 2.20. The van der Waals surface area contributed by atoms with Gasteiger partial charge in [0.25, 0.3) is 0 Å². The zero-order chi connectivity index (χ0) is 16.5. The second-order valence-corrected chi connectivity index (χ2v) is 6.42. The Morgan fingerprint density at radius 1 is 1.33 bits per heavy atom. The van der Waals surface area contributed by atoms with E-state index in [-0.39, 0.29) is 11.9 Å². The first-order valence-electron chi connectivity index (χ1n) is 8.41. The van der Waals surface area contributed by atoms with Gasteiger partial charge in [-0.3, -0.25) is 9.48 Å². The SMILES string of the molecule is Cc1cccn2c(CC(=O)N3CCCC3Cn3cccn3)cnc12. The van der Waals surface area contributed by atoms with Gasteiger partial charge in [0.1, 0.15) is 5.65 Å². The molecule has 4 rings (SSSR count). The molecule has 1 saturated heterocycles. The Morgan fingerprint density at radius 2 is 2.25 bits per heavy atom. The molecule has 1 aliphatic rings. The standard InChI is InChI=1S/C18H21N5O/c1-14-5-2-10-23-16(12-19-18(14)23)11-17(24)22-9-3-6-15(22)13-21-8-4-7-20-21/h2,4-5,7-8,10,12,15H,3,6,9,11,13H2,1H3. The molecule has 4 heterocycles. The first-order chi connectivity index (χ1) is 11.7. The van der Waals surface area contributed by atoms with E-state index in [0.717, 1.165) is 42.8 Å². The van der Waals surface area contributed by atoms with Gasteiger partial charge in [0.2, 0.25) is 5.91 Å². The largest absolute Gasteiger partial charge is 0.338 e. The Balaban J connectivity index is 1.51. The molecular weight excluding hydrogens is 302 g/mol. The van der Waals surface area contributed by atoms with Crippen LogP contribution in [0.1, 0.15) is 24.1 Å². The summed E-state index contributed by atoms with van der Waals surface area (Å²) in [5, 5.41) is 4.26. The van der Waals surface area contributed by atoms with Crippen LogP contribution in [0.15, 0.2) is 43.0 Å². The lowest BCUT2D eigenvalue weighted by atomic mass is 10.2. The number of likely N-dealkylation sites (tertiary alicyclic amines) is 1. The summed E-state index contributed by atoms with van der Waals surface area (Å²) in [5.74, 6) is 0.174. The Kier molecular flexibility index (Phi) is 3.80. The first-order valence-corrected chi connectivity index (χ1v) is 8.41. The number of aromatic nitrogens is 4. The molecule has 0 spiro atoms. The molecule has 0 aromatic carbocycles. The van der Waals surface area contributed by atoms with Gasteiger partial charge in [-0.15, -0.1) is 0 Å². The molecule has 124 valence electrons. The average Bonchev–Trinajstić information content (AvgIpc) is 3.30. The zero-order valence-electron chi connectivity index (χ0n) is 13.8. The minimum absolute atomic E-state index is 0.174. The summed E-state index contributed by atoms with van der Waals surface area (Å²) in [4.78, 5) is 19.3. The zero-order valence-corrected chi connectivity index (χ0v) is 13.8. The number of nitrogens with zero attached hydrogens (tertiary/aromatic N) is 5. The van der Waals surface area contributed by atoms with E-state index in [1.165, 1.54) is 0 Å². The highest BCUT2D eigenvalue weighted by Gasteiger charge is 2.29. The number of hydrogen-bond donors (Lipinski definition) is 0. The van der Waals surface area contributed by atoms with Crippen LogP contribution >= 0.6 is 0 Å². The molecule has 1 amide bonds. The van der Waals surface area contributed by atoms with E-state index in [4.69, 9.17) is 0 Å². The molecule has 0 bridgehead atoms. The van der Waals surface area contributed by atoms with Crippen molar-refractivity contribution in [2.24, 2.45) is 0 Å². The number of carbonyl (C=O) groups excluding carboxylic acids is 1. The lowest BCUT2D eigenvalue weighted by Crippen LogP contribution is -2.39. The number of fused-ring (bicyclic) bond motifs is 1. The average molecular weight is 323 g/mol. The van der Waals surface area contributed by atoms with Gasteiger partial charge < -0.3 is 9.30 Å². The summed E-state index contributed by atoms with van der Waals surface area (Å²) in [6, 6.07) is 6.18. The second-order valence-electron chi connectivity index (χ2n) is 6.42. The highest BCUT2D eigenvalue weighted by atomic mass is 16.2. The van der Waals surface area contributed by atoms with E-state index < -0.39 is 0 Å². The molecule has 0 radical (unpaired) electrons. The molecule has 0 aliphatic carbocycles. The van der Waals surface area contributed by atoms with Crippen molar-refractivity contribution in [1.29, 1.82) is 0 Å². The van der Waals surface area contributed by atoms with E-state index in [1.54, 1.807) is 6.20 Å². The summed E-state index contributed by atoms with van der Waals surface area (Å²) >= 11 is 0. The van der Waals surface area contributed by atoms with Gasteiger partial charge in [-0.25, -0.2) is 4.98 Å². The molecule has 1 fully saturated rings. The smallest absolute Gasteiger partial charge is 0.228 e. The quantitative estimate of drug-likeness (QED) is 0.738. The number of imidazole rings is 1. The van der Waals surface area contributed by atoms with Crippen molar-refractivity contribution < 1.29 is 4.79 Å². The van der Waals surface area contributed by atoms with Crippen LogP contribution in [-0.2, 0) is 17.8 Å². The van der Waals surface area contributed by atoms with Crippen LogP contribution in [0.5, 0.6) is 0 Å². The van der Waals surface area contributed by atoms with Crippen molar-refractivity contribution in [2.75, 3.05) is 6.54 Å². The molecule has 6 nitrogen and oxygen atoms in total. The van der Waals surface area contributed by atoms with Crippen LogP contribution in [-0.4, -0.2) is 42.6 Å². The lowest BCUT2D eigenvalue weighted by molar-refractivity contribution is -0.131. The van der Waals surface area contributed by atoms with Crippen LogP contribution < -0.4 is 0 Å². The van der Waals surface area contributed by atoms with E-state index in [2.05, 4.69) is 10.1 Å². The molecule has 24 heavy (non-hydrogen) atoms. The van der Waals surface area contributed by atoms with Gasteiger partial charge in [0.15, 0.2) is 0 Å². The minimum atomic E-state index is 0.174. The predicted octanol–water partition coefficient (Wildman–Crippen LogP) is 2.07. The van der Waals surface area contributed by atoms with Gasteiger partial charge in [-0.1, -0.05) is 6.07 Å². The molecule has 3 aromatic rings. The number of rotatable bonds is 4. The second kappa shape index (κ2) is 6.11. The molecule has 1 unspecified atom stereocenters. The molecule has 3 aromatic heterocycles. The van der Waals surface area contributed by atoms with Crippen molar-refractivity contribution in [3.8, 4) is 0 Å². The molecule has 6 heteroatoms. The van der Waals surface area contributed by atoms with Crippen molar-refractivity contribution in [3.63, 3.8) is 0 Å². The van der Waals surface area contributed by atoms with E-state index in [9.17, 15) is 4.79 Å². The maximum absolute atomic E-state index is 12.8. The van der Waals surface area contributed by atoms with Gasteiger partial charge in [-0.05, 0) is 37.5 Å². The molecule has 0 saturated carbocycles. The Bertz CT molecular complexity index is 852. The van der Waals surface area contributed by atoms with Crippen molar-refractivity contribution >= 4 is 11.6 Å². The first kappa shape index (κ1) is 14.9. The molecular formula is C18H21N5O. The highest BCUT2D eigenvalue weighted by molar-refractivity contribution is 5.79. The maximum Gasteiger partial charge on any atom is 0.228 e. The van der Waals surface area contributed by atoms with Crippen LogP contribution in [0.25, 0.3) is 5.65 Å². The van der Waals surface area contributed by atoms with Crippen LogP contribution in [0.2, 0.25) is 0 Å². The molecule has 0 N–H and O–H groups in total. The number of aryl methyl sites for hydroxylation is 1. The number of pyridine rings is 1. The van der Waals surface area contributed by atoms with Crippen molar-refractivity contribution in [1.82, 2.24) is 24.1 Å². The number of hydrogen-bond acceptors (Lipinski definition) is 3. The molecule has 1 atom stereocenters. The van der Waals surface area contributed by atoms with Gasteiger partial charge in [0, 0.05) is 31.3 Å². The third-order valence-electron chi connectivity index (χ3n) is 4.79. The van der Waals surface area contributed by atoms with E-state index in [1.807, 2.05) is 57.7 Å². The summed E-state index contributed by atoms with van der Waals surface area (Å²) in [7, 11) is 0. The van der Waals surface area contributed by atoms with Crippen LogP contribution in [0.4, 0.5) is 0 Å². The Morgan fingerprint density at radius 3 is 3.08 bits per heavy atom. The third-order valence-corrected chi connectivity index (χ3v) is 4.79. The Hall–Kier alpha value is -2.63. The van der Waals surface area contributed by atoms with E-state index in [0.29, 0.717) is 6.42 Å². The summed E-state index contributed by atoms with van der Waals surface area (Å²) in [6.45, 7) is 3.64. The predicted molar refractivity (Wildman–Crippen MR) is 90.6 cm³/mol. The van der Waals surface area contributed by atoms with Crippen LogP contribution in [0, 0.1) is 6.92 Å². The van der Waals surface area contributed by atoms with Crippen LogP contribution in [0.3, 0.4) is 0 Å². The van der Waals surface area contributed by atoms with Gasteiger partial charge in [0.05, 0.1) is 24.7 Å². The topological polar surface area (TPSA) is 55.4 Å².